The predicted octanol–water partition coefficient (Wildman–Crippen LogP) is 2.70. The molecule has 0 saturated carbocycles. The van der Waals surface area contributed by atoms with Crippen LogP contribution in [0.25, 0.3) is 5.57 Å². The van der Waals surface area contributed by atoms with E-state index in [1.54, 1.807) is 0 Å². The molecule has 0 spiro atoms. The summed E-state index contributed by atoms with van der Waals surface area (Å²) in [5.74, 6) is 0. The largest absolute Gasteiger partial charge is 0.372 e. The molecule has 1 aromatic carbocycles. The van der Waals surface area contributed by atoms with Gasteiger partial charge in [-0.1, -0.05) is 18.2 Å². The lowest BCUT2D eigenvalue weighted by Gasteiger charge is -2.20. The lowest BCUT2D eigenvalue weighted by Crippen LogP contribution is -2.22. The van der Waals surface area contributed by atoms with E-state index in [2.05, 4.69) is 42.3 Å². The highest BCUT2D eigenvalue weighted by molar-refractivity contribution is 5.71. The fourth-order valence-electron chi connectivity index (χ4n) is 2.07. The number of hydrogen-bond donors (Lipinski definition) is 0. The normalized spacial score (nSPS) is 22.3. The van der Waals surface area contributed by atoms with Crippen LogP contribution in [0.4, 0.5) is 5.69 Å². The highest BCUT2D eigenvalue weighted by atomic mass is 16.6. The Labute approximate surface area is 96.5 Å². The molecular weight excluding hydrogens is 198 g/mol. The van der Waals surface area contributed by atoms with Gasteiger partial charge in [-0.3, -0.25) is 0 Å². The second kappa shape index (κ2) is 3.95. The number of ether oxygens (including phenoxy) is 1. The monoisotopic (exact) mass is 215 g/mol. The van der Waals surface area contributed by atoms with Gasteiger partial charge in [-0.25, -0.2) is 0 Å². The van der Waals surface area contributed by atoms with Crippen molar-refractivity contribution in [2.45, 2.75) is 18.9 Å². The molecule has 0 bridgehead atoms. The molecule has 2 aliphatic rings. The summed E-state index contributed by atoms with van der Waals surface area (Å²) in [4.78, 5) is 2.26. The van der Waals surface area contributed by atoms with E-state index >= 15 is 0 Å². The van der Waals surface area contributed by atoms with E-state index in [1.165, 1.54) is 29.7 Å². The summed E-state index contributed by atoms with van der Waals surface area (Å²) in [6.07, 6.45) is 5.26. The Morgan fingerprint density at radius 2 is 2.00 bits per heavy atom. The Morgan fingerprint density at radius 3 is 2.50 bits per heavy atom. The Balaban J connectivity index is 1.70. The maximum atomic E-state index is 5.24. The van der Waals surface area contributed by atoms with Crippen LogP contribution in [-0.2, 0) is 4.74 Å². The van der Waals surface area contributed by atoms with Gasteiger partial charge in [0.05, 0.1) is 12.7 Å². The second-order valence-electron chi connectivity index (χ2n) is 4.65. The van der Waals surface area contributed by atoms with Crippen molar-refractivity contribution in [3.63, 3.8) is 0 Å². The van der Waals surface area contributed by atoms with Crippen molar-refractivity contribution in [2.75, 3.05) is 25.1 Å². The van der Waals surface area contributed by atoms with Gasteiger partial charge in [0.25, 0.3) is 0 Å². The lowest BCUT2D eigenvalue weighted by molar-refractivity contribution is 0.410. The molecule has 0 amide bonds. The number of hydrogen-bond acceptors (Lipinski definition) is 2. The van der Waals surface area contributed by atoms with Crippen LogP contribution < -0.4 is 4.90 Å². The molecule has 1 saturated heterocycles. The zero-order valence-corrected chi connectivity index (χ0v) is 9.65. The third-order valence-corrected chi connectivity index (χ3v) is 3.36. The fourth-order valence-corrected chi connectivity index (χ4v) is 2.07. The summed E-state index contributed by atoms with van der Waals surface area (Å²) in [7, 11) is 2.12. The summed E-state index contributed by atoms with van der Waals surface area (Å²) in [6, 6.07) is 8.86. The lowest BCUT2D eigenvalue weighted by atomic mass is 9.92. The molecule has 1 unspecified atom stereocenters. The number of allylic oxidation sites excluding steroid dienone is 2. The molecule has 0 aromatic heterocycles. The summed E-state index contributed by atoms with van der Waals surface area (Å²) in [5, 5.41) is 0. The Morgan fingerprint density at radius 1 is 1.31 bits per heavy atom. The first kappa shape index (κ1) is 9.91. The van der Waals surface area contributed by atoms with Gasteiger partial charge >= 0.3 is 0 Å². The highest BCUT2D eigenvalue weighted by Gasteiger charge is 2.24. The summed E-state index contributed by atoms with van der Waals surface area (Å²) < 4.78 is 5.24. The molecule has 1 aromatic rings. The average molecular weight is 215 g/mol. The number of epoxide rings is 1. The minimum atomic E-state index is 0.457. The second-order valence-corrected chi connectivity index (χ2v) is 4.65. The van der Waals surface area contributed by atoms with E-state index in [-0.39, 0.29) is 0 Å². The molecule has 84 valence electrons. The molecule has 3 rings (SSSR count). The van der Waals surface area contributed by atoms with Crippen LogP contribution in [0.2, 0.25) is 0 Å². The zero-order valence-electron chi connectivity index (χ0n) is 9.65. The van der Waals surface area contributed by atoms with E-state index in [1.807, 2.05) is 0 Å². The van der Waals surface area contributed by atoms with Crippen molar-refractivity contribution in [2.24, 2.45) is 0 Å². The third kappa shape index (κ3) is 1.98. The molecular formula is C14H17NO. The van der Waals surface area contributed by atoms with Crippen LogP contribution in [0.1, 0.15) is 18.4 Å². The Kier molecular flexibility index (Phi) is 2.44. The van der Waals surface area contributed by atoms with Gasteiger partial charge < -0.3 is 9.64 Å². The van der Waals surface area contributed by atoms with Crippen molar-refractivity contribution in [3.8, 4) is 0 Å². The van der Waals surface area contributed by atoms with Crippen molar-refractivity contribution in [1.82, 2.24) is 0 Å². The van der Waals surface area contributed by atoms with Gasteiger partial charge in [-0.15, -0.1) is 0 Å². The zero-order chi connectivity index (χ0) is 11.0. The minimum absolute atomic E-state index is 0.457. The Hall–Kier alpha value is -1.28. The molecule has 1 aliphatic heterocycles. The van der Waals surface area contributed by atoms with Crippen LogP contribution in [0.5, 0.6) is 0 Å². The van der Waals surface area contributed by atoms with Gasteiger partial charge in [0.15, 0.2) is 0 Å². The number of rotatable bonds is 4. The summed E-state index contributed by atoms with van der Waals surface area (Å²) in [6.45, 7) is 1.93. The molecule has 2 nitrogen and oxygen atoms in total. The third-order valence-electron chi connectivity index (χ3n) is 3.36. The number of likely N-dealkylation sites (N-methyl/N-ethyl adjacent to an activating group) is 1. The maximum absolute atomic E-state index is 5.24. The average Bonchev–Trinajstić information content (AvgIpc) is 3.00. The molecule has 1 fully saturated rings. The van der Waals surface area contributed by atoms with Gasteiger partial charge in [0.2, 0.25) is 0 Å². The van der Waals surface area contributed by atoms with Crippen molar-refractivity contribution >= 4 is 11.3 Å². The standard InChI is InChI=1S/C14H17NO/c1-15(9-14-10-16-14)13-7-5-12(6-8-13)11-3-2-4-11/h3,5-8,14H,2,4,9-10H2,1H3. The van der Waals surface area contributed by atoms with E-state index < -0.39 is 0 Å². The topological polar surface area (TPSA) is 15.8 Å². The van der Waals surface area contributed by atoms with Crippen molar-refractivity contribution in [1.29, 1.82) is 0 Å². The first-order chi connectivity index (χ1) is 7.83. The first-order valence-electron chi connectivity index (χ1n) is 5.95. The van der Waals surface area contributed by atoms with E-state index in [0.717, 1.165) is 13.2 Å². The number of anilines is 1. The first-order valence-corrected chi connectivity index (χ1v) is 5.95. The predicted molar refractivity (Wildman–Crippen MR) is 66.7 cm³/mol. The Bertz CT molecular complexity index is 403. The number of benzene rings is 1. The van der Waals surface area contributed by atoms with Crippen molar-refractivity contribution in [3.05, 3.63) is 35.9 Å². The molecule has 1 aliphatic carbocycles. The van der Waals surface area contributed by atoms with E-state index in [0.29, 0.717) is 6.10 Å². The fraction of sp³-hybridized carbons (Fsp3) is 0.429. The highest BCUT2D eigenvalue weighted by Crippen LogP contribution is 2.30. The van der Waals surface area contributed by atoms with Gasteiger partial charge in [0.1, 0.15) is 0 Å². The maximum Gasteiger partial charge on any atom is 0.0984 e. The minimum Gasteiger partial charge on any atom is -0.372 e. The van der Waals surface area contributed by atoms with Crippen LogP contribution in [0.3, 0.4) is 0 Å². The van der Waals surface area contributed by atoms with E-state index in [9.17, 15) is 0 Å². The molecule has 0 N–H and O–H groups in total. The van der Waals surface area contributed by atoms with Crippen LogP contribution in [0.15, 0.2) is 30.3 Å². The molecule has 1 atom stereocenters. The van der Waals surface area contributed by atoms with Crippen LogP contribution in [0, 0.1) is 0 Å². The molecule has 0 radical (unpaired) electrons. The molecule has 16 heavy (non-hydrogen) atoms. The van der Waals surface area contributed by atoms with Crippen LogP contribution in [-0.4, -0.2) is 26.3 Å². The van der Waals surface area contributed by atoms with Crippen LogP contribution >= 0.6 is 0 Å². The smallest absolute Gasteiger partial charge is 0.0984 e. The summed E-state index contributed by atoms with van der Waals surface area (Å²) in [5.41, 5.74) is 4.16. The number of nitrogens with zero attached hydrogens (tertiary/aromatic N) is 1. The molecule has 1 heterocycles. The SMILES string of the molecule is CN(CC1CO1)c1ccc(C2=CCC2)cc1. The van der Waals surface area contributed by atoms with Gasteiger partial charge in [0, 0.05) is 19.3 Å². The molecule has 2 heteroatoms. The van der Waals surface area contributed by atoms with Crippen molar-refractivity contribution < 1.29 is 4.74 Å². The summed E-state index contributed by atoms with van der Waals surface area (Å²) >= 11 is 0. The van der Waals surface area contributed by atoms with E-state index in [4.69, 9.17) is 4.74 Å². The van der Waals surface area contributed by atoms with Gasteiger partial charge in [-0.2, -0.15) is 0 Å². The van der Waals surface area contributed by atoms with Gasteiger partial charge in [-0.05, 0) is 36.1 Å². The quantitative estimate of drug-likeness (QED) is 0.718.